The Morgan fingerprint density at radius 3 is 1.85 bits per heavy atom. The molecular formula is C38H61NO7Si. The number of ether oxygens (including phenoxy) is 2. The molecule has 0 heterocycles. The van der Waals surface area contributed by atoms with Gasteiger partial charge >= 0.3 is 12.1 Å². The first kappa shape index (κ1) is 40.3. The van der Waals surface area contributed by atoms with Crippen molar-refractivity contribution in [1.82, 2.24) is 5.32 Å². The van der Waals surface area contributed by atoms with Crippen molar-refractivity contribution in [3.05, 3.63) is 65.7 Å². The lowest BCUT2D eigenvalue weighted by molar-refractivity contribution is -0.145. The summed E-state index contributed by atoms with van der Waals surface area (Å²) in [5.41, 5.74) is 0.481. The van der Waals surface area contributed by atoms with Crippen LogP contribution in [0.1, 0.15) is 99.6 Å². The van der Waals surface area contributed by atoms with Crippen LogP contribution in [0.15, 0.2) is 54.6 Å². The van der Waals surface area contributed by atoms with Crippen LogP contribution in [0.25, 0.3) is 0 Å². The summed E-state index contributed by atoms with van der Waals surface area (Å²) in [6.07, 6.45) is 0.00349. The van der Waals surface area contributed by atoms with E-state index in [1.165, 1.54) is 0 Å². The van der Waals surface area contributed by atoms with Gasteiger partial charge in [-0.05, 0) is 92.8 Å². The molecule has 0 aliphatic carbocycles. The van der Waals surface area contributed by atoms with Crippen molar-refractivity contribution in [2.45, 2.75) is 141 Å². The monoisotopic (exact) mass is 671 g/mol. The van der Waals surface area contributed by atoms with Crippen LogP contribution in [0.2, 0.25) is 16.6 Å². The summed E-state index contributed by atoms with van der Waals surface area (Å²) in [5, 5.41) is 24.8. The van der Waals surface area contributed by atoms with Crippen molar-refractivity contribution in [3.8, 4) is 5.75 Å². The predicted molar refractivity (Wildman–Crippen MR) is 192 cm³/mol. The van der Waals surface area contributed by atoms with E-state index in [4.69, 9.17) is 13.9 Å². The van der Waals surface area contributed by atoms with Gasteiger partial charge in [-0.2, -0.15) is 0 Å². The number of nitrogens with one attached hydrogen (secondary N) is 1. The van der Waals surface area contributed by atoms with Gasteiger partial charge in [0.15, 0.2) is 0 Å². The lowest BCUT2D eigenvalue weighted by Gasteiger charge is -2.47. The molecule has 0 bridgehead atoms. The lowest BCUT2D eigenvalue weighted by atomic mass is 9.82. The highest BCUT2D eigenvalue weighted by Gasteiger charge is 2.48. The third kappa shape index (κ3) is 11.4. The summed E-state index contributed by atoms with van der Waals surface area (Å²) in [6, 6.07) is 17.3. The predicted octanol–water partition coefficient (Wildman–Crippen LogP) is 8.56. The highest BCUT2D eigenvalue weighted by atomic mass is 28.4. The van der Waals surface area contributed by atoms with Crippen molar-refractivity contribution in [2.24, 2.45) is 5.92 Å². The number of amides is 1. The molecule has 0 saturated carbocycles. The van der Waals surface area contributed by atoms with Gasteiger partial charge in [-0.15, -0.1) is 0 Å². The Bertz CT molecular complexity index is 1220. The zero-order valence-corrected chi connectivity index (χ0v) is 31.6. The Balaban J connectivity index is 2.53. The van der Waals surface area contributed by atoms with Gasteiger partial charge in [-0.25, -0.2) is 9.59 Å². The molecule has 2 aromatic carbocycles. The number of rotatable bonds is 18. The molecule has 4 atom stereocenters. The van der Waals surface area contributed by atoms with Crippen molar-refractivity contribution < 1.29 is 33.7 Å². The average Bonchev–Trinajstić information content (AvgIpc) is 2.96. The molecule has 1 amide bonds. The Labute approximate surface area is 284 Å². The smallest absolute Gasteiger partial charge is 0.408 e. The molecule has 47 heavy (non-hydrogen) atoms. The first-order valence-corrected chi connectivity index (χ1v) is 19.3. The molecule has 8 nitrogen and oxygen atoms in total. The van der Waals surface area contributed by atoms with Gasteiger partial charge in [0.1, 0.15) is 16.9 Å². The van der Waals surface area contributed by atoms with E-state index in [2.05, 4.69) is 46.9 Å². The number of aliphatic hydroxyl groups excluding tert-OH is 1. The lowest BCUT2D eigenvalue weighted by Crippen LogP contribution is -2.57. The van der Waals surface area contributed by atoms with Crippen LogP contribution in [0.4, 0.5) is 4.79 Å². The third-order valence-corrected chi connectivity index (χ3v) is 15.4. The molecule has 3 N–H and O–H groups in total. The molecule has 9 heteroatoms. The molecule has 2 rings (SSSR count). The van der Waals surface area contributed by atoms with E-state index in [1.807, 2.05) is 54.6 Å². The normalized spacial score (nSPS) is 15.6. The van der Waals surface area contributed by atoms with E-state index in [1.54, 1.807) is 34.8 Å². The van der Waals surface area contributed by atoms with Crippen LogP contribution < -0.4 is 10.1 Å². The van der Waals surface area contributed by atoms with Gasteiger partial charge < -0.3 is 29.4 Å². The van der Waals surface area contributed by atoms with Gasteiger partial charge in [-0.3, -0.25) is 0 Å². The number of methoxy groups -OCH3 is 1. The van der Waals surface area contributed by atoms with Gasteiger partial charge in [0.05, 0.1) is 19.3 Å². The minimum Gasteiger partial charge on any atom is -0.497 e. The molecule has 0 aliphatic rings. The van der Waals surface area contributed by atoms with Crippen molar-refractivity contribution in [1.29, 1.82) is 0 Å². The van der Waals surface area contributed by atoms with Crippen LogP contribution in [0.3, 0.4) is 0 Å². The molecular weight excluding hydrogens is 611 g/mol. The number of hydrogen-bond acceptors (Lipinski definition) is 6. The SMILES string of the molecule is COc1ccc(C[C@@H](CCCC(Cc2ccccc2)(NC(=O)OC(C)(C)C)C(=O)O)[C@@H](O[Si](C(C)C)(C(C)C)C(C)C)[C@H](C)O)cc1. The molecule has 0 aliphatic heterocycles. The van der Waals surface area contributed by atoms with E-state index in [0.29, 0.717) is 35.9 Å². The number of benzene rings is 2. The number of alkyl carbamates (subject to hydrolysis) is 1. The largest absolute Gasteiger partial charge is 0.497 e. The molecule has 2 aromatic rings. The first-order valence-electron chi connectivity index (χ1n) is 17.1. The second-order valence-electron chi connectivity index (χ2n) is 15.0. The number of aliphatic carboxylic acids is 1. The van der Waals surface area contributed by atoms with Gasteiger partial charge in [-0.1, -0.05) is 90.4 Å². The number of aliphatic hydroxyl groups is 1. The molecule has 0 spiro atoms. The van der Waals surface area contributed by atoms with E-state index in [9.17, 15) is 19.8 Å². The summed E-state index contributed by atoms with van der Waals surface area (Å²) in [7, 11) is -0.748. The Hall–Kier alpha value is -2.88. The molecule has 0 radical (unpaired) electrons. The Kier molecular flexibility index (Phi) is 15.0. The topological polar surface area (TPSA) is 114 Å². The van der Waals surface area contributed by atoms with E-state index in [0.717, 1.165) is 16.9 Å². The van der Waals surface area contributed by atoms with Gasteiger partial charge in [0, 0.05) is 6.42 Å². The van der Waals surface area contributed by atoms with E-state index < -0.39 is 43.7 Å². The van der Waals surface area contributed by atoms with Crippen LogP contribution >= 0.6 is 0 Å². The van der Waals surface area contributed by atoms with Crippen molar-refractivity contribution in [2.75, 3.05) is 7.11 Å². The van der Waals surface area contributed by atoms with Crippen molar-refractivity contribution in [3.63, 3.8) is 0 Å². The standard InChI is InChI=1S/C38H61NO7Si/c1-26(2)47(27(3)4,28(5)6)46-34(29(7)40)32(24-30-19-21-33(44-11)22-20-30)18-15-23-38(35(41)42,25-31-16-13-12-14-17-31)39-36(43)45-37(8,9)10/h12-14,16-17,19-22,26-29,32,34,40H,15,18,23-25H2,1-11H3,(H,39,43)(H,41,42)/t29-,32+,34-,38?/m0/s1. The molecule has 0 fully saturated rings. The van der Waals surface area contributed by atoms with Crippen molar-refractivity contribution >= 4 is 20.4 Å². The summed E-state index contributed by atoms with van der Waals surface area (Å²) in [6.45, 7) is 20.4. The summed E-state index contributed by atoms with van der Waals surface area (Å²) in [4.78, 5) is 26.1. The Morgan fingerprint density at radius 2 is 1.40 bits per heavy atom. The maximum atomic E-state index is 13.1. The number of carbonyl (C=O) groups excluding carboxylic acids is 1. The fraction of sp³-hybridized carbons (Fsp3) is 0.632. The van der Waals surface area contributed by atoms with E-state index >= 15 is 0 Å². The number of carbonyl (C=O) groups is 2. The number of carboxylic acid groups (broad SMARTS) is 1. The minimum atomic E-state index is -2.39. The fourth-order valence-corrected chi connectivity index (χ4v) is 12.9. The van der Waals surface area contributed by atoms with Crippen LogP contribution in [0, 0.1) is 5.92 Å². The second-order valence-corrected chi connectivity index (χ2v) is 20.4. The minimum absolute atomic E-state index is 0.103. The van der Waals surface area contributed by atoms with Crippen LogP contribution in [-0.4, -0.2) is 61.1 Å². The quantitative estimate of drug-likeness (QED) is 0.136. The van der Waals surface area contributed by atoms with Gasteiger partial charge in [0.2, 0.25) is 8.32 Å². The maximum Gasteiger partial charge on any atom is 0.408 e. The summed E-state index contributed by atoms with van der Waals surface area (Å²) < 4.78 is 18.2. The third-order valence-electron chi connectivity index (χ3n) is 9.32. The van der Waals surface area contributed by atoms with E-state index in [-0.39, 0.29) is 18.8 Å². The molecule has 1 unspecified atom stereocenters. The summed E-state index contributed by atoms with van der Waals surface area (Å²) >= 11 is 0. The average molecular weight is 672 g/mol. The fourth-order valence-electron chi connectivity index (χ4n) is 7.22. The zero-order valence-electron chi connectivity index (χ0n) is 30.6. The Morgan fingerprint density at radius 1 is 0.851 bits per heavy atom. The zero-order chi connectivity index (χ0) is 35.6. The highest BCUT2D eigenvalue weighted by Crippen LogP contribution is 2.45. The van der Waals surface area contributed by atoms with Gasteiger partial charge in [0.25, 0.3) is 0 Å². The first-order chi connectivity index (χ1) is 21.9. The maximum absolute atomic E-state index is 13.1. The van der Waals surface area contributed by atoms with Crippen LogP contribution in [0.5, 0.6) is 5.75 Å². The molecule has 0 aromatic heterocycles. The van der Waals surface area contributed by atoms with Crippen LogP contribution in [-0.2, 0) is 26.8 Å². The summed E-state index contributed by atoms with van der Waals surface area (Å²) in [5.74, 6) is -0.468. The molecule has 264 valence electrons. The molecule has 0 saturated heterocycles. The number of hydrogen-bond donors (Lipinski definition) is 3. The second kappa shape index (κ2) is 17.5. The highest BCUT2D eigenvalue weighted by molar-refractivity contribution is 6.77. The number of carboxylic acids is 1.